The summed E-state index contributed by atoms with van der Waals surface area (Å²) in [4.78, 5) is 26.1. The Bertz CT molecular complexity index is 691. The lowest BCUT2D eigenvalue weighted by Gasteiger charge is -2.15. The predicted molar refractivity (Wildman–Crippen MR) is 79.7 cm³/mol. The molecule has 3 rings (SSSR count). The highest BCUT2D eigenvalue weighted by molar-refractivity contribution is 6.03. The minimum atomic E-state index is -0.571. The fourth-order valence-corrected chi connectivity index (χ4v) is 2.59. The lowest BCUT2D eigenvalue weighted by Crippen LogP contribution is -2.41. The third-order valence-corrected chi connectivity index (χ3v) is 3.61. The lowest BCUT2D eigenvalue weighted by atomic mass is 10.1. The second-order valence-electron chi connectivity index (χ2n) is 5.30. The summed E-state index contributed by atoms with van der Waals surface area (Å²) in [6, 6.07) is 5.76. The van der Waals surface area contributed by atoms with Gasteiger partial charge in [-0.3, -0.25) is 19.6 Å². The number of amides is 2. The number of hydrogen-bond acceptors (Lipinski definition) is 4. The van der Waals surface area contributed by atoms with Gasteiger partial charge in [0.05, 0.1) is 6.20 Å². The smallest absolute Gasteiger partial charge is 0.252 e. The van der Waals surface area contributed by atoms with Crippen molar-refractivity contribution in [3.8, 4) is 5.75 Å². The molecule has 1 fully saturated rings. The van der Waals surface area contributed by atoms with Crippen molar-refractivity contribution in [3.05, 3.63) is 41.6 Å². The third kappa shape index (κ3) is 2.65. The lowest BCUT2D eigenvalue weighted by molar-refractivity contribution is -0.118. The van der Waals surface area contributed by atoms with Gasteiger partial charge in [-0.1, -0.05) is 0 Å². The number of aryl methyl sites for hydroxylation is 1. The van der Waals surface area contributed by atoms with Crippen molar-refractivity contribution in [3.63, 3.8) is 0 Å². The maximum absolute atomic E-state index is 12.3. The van der Waals surface area contributed by atoms with Crippen molar-refractivity contribution in [1.29, 1.82) is 0 Å². The van der Waals surface area contributed by atoms with E-state index in [1.807, 2.05) is 0 Å². The van der Waals surface area contributed by atoms with Crippen molar-refractivity contribution < 1.29 is 14.7 Å². The van der Waals surface area contributed by atoms with Crippen LogP contribution in [0.2, 0.25) is 0 Å². The van der Waals surface area contributed by atoms with Crippen LogP contribution in [0.3, 0.4) is 0 Å². The molecule has 1 aliphatic rings. The number of rotatable bonds is 3. The van der Waals surface area contributed by atoms with Gasteiger partial charge < -0.3 is 10.4 Å². The molecule has 2 heterocycles. The Balaban J connectivity index is 1.71. The fourth-order valence-electron chi connectivity index (χ4n) is 2.59. The summed E-state index contributed by atoms with van der Waals surface area (Å²) in [7, 11) is 0. The number of benzene rings is 1. The number of carbonyl (C=O) groups is 2. The summed E-state index contributed by atoms with van der Waals surface area (Å²) in [5.74, 6) is 0.107. The Hall–Kier alpha value is -2.83. The van der Waals surface area contributed by atoms with E-state index in [4.69, 9.17) is 0 Å². The molecule has 1 saturated heterocycles. The van der Waals surface area contributed by atoms with Crippen LogP contribution in [-0.4, -0.2) is 39.7 Å². The first-order valence-corrected chi connectivity index (χ1v) is 6.97. The molecule has 1 aromatic heterocycles. The Labute approximate surface area is 126 Å². The van der Waals surface area contributed by atoms with Gasteiger partial charge in [-0.05, 0) is 37.1 Å². The van der Waals surface area contributed by atoms with Crippen LogP contribution in [0.25, 0.3) is 0 Å². The number of anilines is 1. The van der Waals surface area contributed by atoms with E-state index in [0.717, 1.165) is 5.56 Å². The molecule has 0 aliphatic carbocycles. The Morgan fingerprint density at radius 2 is 2.27 bits per heavy atom. The second-order valence-corrected chi connectivity index (χ2v) is 5.30. The van der Waals surface area contributed by atoms with Crippen LogP contribution in [-0.2, 0) is 4.79 Å². The number of aromatic hydroxyl groups is 1. The van der Waals surface area contributed by atoms with Crippen LogP contribution in [0.5, 0.6) is 5.75 Å². The molecule has 1 unspecified atom stereocenters. The average molecular weight is 300 g/mol. The van der Waals surface area contributed by atoms with Crippen LogP contribution >= 0.6 is 0 Å². The molecule has 3 N–H and O–H groups in total. The summed E-state index contributed by atoms with van der Waals surface area (Å²) in [5.41, 5.74) is 1.12. The van der Waals surface area contributed by atoms with E-state index in [1.165, 1.54) is 6.07 Å². The Morgan fingerprint density at radius 3 is 2.95 bits per heavy atom. The molecule has 2 aromatic rings. The molecule has 1 atom stereocenters. The number of hydrogen-bond donors (Lipinski definition) is 3. The number of phenols is 1. The van der Waals surface area contributed by atoms with Crippen LogP contribution in [0.4, 0.5) is 5.82 Å². The average Bonchev–Trinajstić information content (AvgIpc) is 3.08. The molecule has 7 heteroatoms. The van der Waals surface area contributed by atoms with E-state index in [1.54, 1.807) is 36.2 Å². The van der Waals surface area contributed by atoms with Crippen molar-refractivity contribution in [2.24, 2.45) is 0 Å². The number of phenolic OH excluding ortho intramolecular Hbond substituents is 1. The first-order valence-electron chi connectivity index (χ1n) is 6.97. The zero-order chi connectivity index (χ0) is 15.7. The van der Waals surface area contributed by atoms with Gasteiger partial charge in [0.1, 0.15) is 17.6 Å². The molecule has 1 aliphatic heterocycles. The highest BCUT2D eigenvalue weighted by Crippen LogP contribution is 2.20. The third-order valence-electron chi connectivity index (χ3n) is 3.61. The highest BCUT2D eigenvalue weighted by atomic mass is 16.3. The Morgan fingerprint density at radius 1 is 1.45 bits per heavy atom. The molecule has 1 aromatic carbocycles. The van der Waals surface area contributed by atoms with E-state index in [9.17, 15) is 14.7 Å². The Kier molecular flexibility index (Phi) is 3.54. The molecular weight excluding hydrogens is 284 g/mol. The van der Waals surface area contributed by atoms with Gasteiger partial charge in [0.15, 0.2) is 0 Å². The van der Waals surface area contributed by atoms with E-state index in [0.29, 0.717) is 24.3 Å². The quantitative estimate of drug-likeness (QED) is 0.786. The first kappa shape index (κ1) is 14.1. The zero-order valence-electron chi connectivity index (χ0n) is 12.0. The van der Waals surface area contributed by atoms with Gasteiger partial charge in [-0.2, -0.15) is 5.10 Å². The molecule has 0 saturated carbocycles. The van der Waals surface area contributed by atoms with Crippen LogP contribution in [0.1, 0.15) is 22.3 Å². The van der Waals surface area contributed by atoms with Crippen molar-refractivity contribution >= 4 is 17.6 Å². The van der Waals surface area contributed by atoms with E-state index < -0.39 is 6.04 Å². The number of nitrogens with zero attached hydrogens (tertiary/aromatic N) is 2. The minimum absolute atomic E-state index is 0.0296. The largest absolute Gasteiger partial charge is 0.508 e. The summed E-state index contributed by atoms with van der Waals surface area (Å²) in [5, 5.41) is 18.8. The second kappa shape index (κ2) is 5.51. The SMILES string of the molecule is Cc1cc(O)cc(C(=O)NC2CCN(c3ccn[nH]3)C2=O)c1. The summed E-state index contributed by atoms with van der Waals surface area (Å²) in [6.07, 6.45) is 2.10. The molecule has 0 radical (unpaired) electrons. The zero-order valence-corrected chi connectivity index (χ0v) is 12.0. The molecule has 0 bridgehead atoms. The maximum atomic E-state index is 12.3. The minimum Gasteiger partial charge on any atom is -0.508 e. The number of nitrogens with one attached hydrogen (secondary N) is 2. The molecular formula is C15H16N4O3. The molecule has 0 spiro atoms. The van der Waals surface area contributed by atoms with Gasteiger partial charge in [-0.25, -0.2) is 0 Å². The van der Waals surface area contributed by atoms with Crippen LogP contribution < -0.4 is 10.2 Å². The normalized spacial score (nSPS) is 17.8. The van der Waals surface area contributed by atoms with Gasteiger partial charge in [0.25, 0.3) is 11.8 Å². The van der Waals surface area contributed by atoms with Crippen molar-refractivity contribution in [2.45, 2.75) is 19.4 Å². The summed E-state index contributed by atoms with van der Waals surface area (Å²) in [6.45, 7) is 2.31. The molecule has 2 amide bonds. The van der Waals surface area contributed by atoms with Crippen LogP contribution in [0.15, 0.2) is 30.5 Å². The number of carbonyl (C=O) groups excluding carboxylic acids is 2. The fraction of sp³-hybridized carbons (Fsp3) is 0.267. The first-order chi connectivity index (χ1) is 10.5. The van der Waals surface area contributed by atoms with Gasteiger partial charge in [0.2, 0.25) is 0 Å². The predicted octanol–water partition coefficient (Wildman–Crippen LogP) is 0.959. The molecule has 7 nitrogen and oxygen atoms in total. The van der Waals surface area contributed by atoms with E-state index >= 15 is 0 Å². The van der Waals surface area contributed by atoms with Gasteiger partial charge >= 0.3 is 0 Å². The highest BCUT2D eigenvalue weighted by Gasteiger charge is 2.34. The standard InChI is InChI=1S/C15H16N4O3/c1-9-6-10(8-11(20)7-9)14(21)17-12-3-5-19(15(12)22)13-2-4-16-18-13/h2,4,6-8,12,20H,3,5H2,1H3,(H,16,18)(H,17,21). The molecule has 22 heavy (non-hydrogen) atoms. The number of aromatic amines is 1. The van der Waals surface area contributed by atoms with Crippen LogP contribution in [0, 0.1) is 6.92 Å². The van der Waals surface area contributed by atoms with Crippen molar-refractivity contribution in [1.82, 2.24) is 15.5 Å². The molecule has 114 valence electrons. The topological polar surface area (TPSA) is 98.3 Å². The summed E-state index contributed by atoms with van der Waals surface area (Å²) < 4.78 is 0. The monoisotopic (exact) mass is 300 g/mol. The van der Waals surface area contributed by atoms with E-state index in [2.05, 4.69) is 15.5 Å². The summed E-state index contributed by atoms with van der Waals surface area (Å²) >= 11 is 0. The van der Waals surface area contributed by atoms with Gasteiger partial charge in [-0.15, -0.1) is 0 Å². The van der Waals surface area contributed by atoms with Crippen molar-refractivity contribution in [2.75, 3.05) is 11.4 Å². The maximum Gasteiger partial charge on any atom is 0.252 e. The van der Waals surface area contributed by atoms with E-state index in [-0.39, 0.29) is 17.6 Å². The van der Waals surface area contributed by atoms with Gasteiger partial charge in [0, 0.05) is 18.2 Å². The number of aromatic nitrogens is 2. The number of H-pyrrole nitrogens is 1.